The molecule has 0 fully saturated rings. The Morgan fingerprint density at radius 2 is 1.73 bits per heavy atom. The van der Waals surface area contributed by atoms with Crippen molar-refractivity contribution in [3.05, 3.63) is 65.5 Å². The van der Waals surface area contributed by atoms with Crippen molar-refractivity contribution in [2.75, 3.05) is 20.3 Å². The monoisotopic (exact) mass is 361 g/mol. The molecule has 2 aromatic carbocycles. The predicted molar refractivity (Wildman–Crippen MR) is 101 cm³/mol. The number of aliphatic hydroxyl groups is 1. The Kier molecular flexibility index (Phi) is 8.04. The Bertz CT molecular complexity index is 661. The highest BCUT2D eigenvalue weighted by molar-refractivity contribution is 5.28. The van der Waals surface area contributed by atoms with E-state index < -0.39 is 6.10 Å². The number of ether oxygens (including phenoxy) is 2. The van der Waals surface area contributed by atoms with E-state index in [2.05, 4.69) is 4.90 Å². The second-order valence-corrected chi connectivity index (χ2v) is 6.68. The summed E-state index contributed by atoms with van der Waals surface area (Å²) < 4.78 is 24.0. The zero-order chi connectivity index (χ0) is 18.9. The van der Waals surface area contributed by atoms with E-state index in [1.807, 2.05) is 38.1 Å². The number of hydrogen-bond donors (Lipinski definition) is 1. The van der Waals surface area contributed by atoms with Gasteiger partial charge < -0.3 is 14.6 Å². The summed E-state index contributed by atoms with van der Waals surface area (Å²) in [5.41, 5.74) is 2.08. The van der Waals surface area contributed by atoms with Crippen LogP contribution in [0.3, 0.4) is 0 Å². The summed E-state index contributed by atoms with van der Waals surface area (Å²) in [5, 5.41) is 10.3. The van der Waals surface area contributed by atoms with Crippen LogP contribution in [0.2, 0.25) is 0 Å². The zero-order valence-electron chi connectivity index (χ0n) is 15.7. The maximum atomic E-state index is 13.2. The van der Waals surface area contributed by atoms with Gasteiger partial charge in [-0.2, -0.15) is 0 Å². The minimum Gasteiger partial charge on any atom is -0.497 e. The van der Waals surface area contributed by atoms with Crippen molar-refractivity contribution < 1.29 is 19.0 Å². The summed E-state index contributed by atoms with van der Waals surface area (Å²) >= 11 is 0. The molecular weight excluding hydrogens is 333 g/mol. The maximum absolute atomic E-state index is 13.2. The molecule has 0 spiro atoms. The van der Waals surface area contributed by atoms with Crippen LogP contribution in [0.15, 0.2) is 48.5 Å². The molecule has 0 heterocycles. The van der Waals surface area contributed by atoms with E-state index in [1.165, 1.54) is 12.1 Å². The summed E-state index contributed by atoms with van der Waals surface area (Å²) in [5.74, 6) is 0.548. The Morgan fingerprint density at radius 3 is 2.38 bits per heavy atom. The van der Waals surface area contributed by atoms with Crippen LogP contribution in [0.4, 0.5) is 4.39 Å². The van der Waals surface area contributed by atoms with Crippen LogP contribution in [-0.2, 0) is 17.8 Å². The van der Waals surface area contributed by atoms with Crippen molar-refractivity contribution in [3.8, 4) is 5.75 Å². The predicted octanol–water partition coefficient (Wildman–Crippen LogP) is 3.62. The van der Waals surface area contributed by atoms with E-state index in [0.29, 0.717) is 19.6 Å². The summed E-state index contributed by atoms with van der Waals surface area (Å²) in [4.78, 5) is 2.12. The Morgan fingerprint density at radius 1 is 1.04 bits per heavy atom. The largest absolute Gasteiger partial charge is 0.497 e. The van der Waals surface area contributed by atoms with Crippen molar-refractivity contribution in [2.24, 2.45) is 0 Å². The van der Waals surface area contributed by atoms with Crippen LogP contribution < -0.4 is 4.74 Å². The molecule has 0 aromatic heterocycles. The van der Waals surface area contributed by atoms with Gasteiger partial charge in [-0.3, -0.25) is 4.90 Å². The van der Waals surface area contributed by atoms with E-state index in [1.54, 1.807) is 19.2 Å². The number of methoxy groups -OCH3 is 1. The number of benzene rings is 2. The number of hydrogen-bond acceptors (Lipinski definition) is 4. The molecule has 142 valence electrons. The van der Waals surface area contributed by atoms with Crippen LogP contribution in [0.5, 0.6) is 5.75 Å². The number of halogens is 1. The first-order valence-corrected chi connectivity index (χ1v) is 8.85. The highest BCUT2D eigenvalue weighted by Gasteiger charge is 2.14. The van der Waals surface area contributed by atoms with Crippen LogP contribution in [0.1, 0.15) is 25.0 Å². The lowest BCUT2D eigenvalue weighted by Gasteiger charge is -2.26. The van der Waals surface area contributed by atoms with E-state index in [0.717, 1.165) is 16.9 Å². The normalized spacial score (nSPS) is 12.6. The molecule has 0 saturated heterocycles. The van der Waals surface area contributed by atoms with Crippen LogP contribution in [-0.4, -0.2) is 42.5 Å². The summed E-state index contributed by atoms with van der Waals surface area (Å²) in [6, 6.07) is 14.3. The second kappa shape index (κ2) is 10.3. The number of rotatable bonds is 10. The van der Waals surface area contributed by atoms with Gasteiger partial charge in [-0.15, -0.1) is 0 Å². The lowest BCUT2D eigenvalue weighted by atomic mass is 10.1. The van der Waals surface area contributed by atoms with Crippen LogP contribution in [0.25, 0.3) is 0 Å². The second-order valence-electron chi connectivity index (χ2n) is 6.68. The van der Waals surface area contributed by atoms with Gasteiger partial charge in [0.1, 0.15) is 11.6 Å². The minimum atomic E-state index is -0.594. The van der Waals surface area contributed by atoms with Crippen LogP contribution >= 0.6 is 0 Å². The molecule has 4 nitrogen and oxygen atoms in total. The first-order valence-electron chi connectivity index (χ1n) is 8.85. The third kappa shape index (κ3) is 7.12. The molecule has 1 atom stereocenters. The maximum Gasteiger partial charge on any atom is 0.123 e. The van der Waals surface area contributed by atoms with Crippen molar-refractivity contribution in [3.63, 3.8) is 0 Å². The first-order chi connectivity index (χ1) is 12.5. The molecule has 0 aliphatic carbocycles. The highest BCUT2D eigenvalue weighted by atomic mass is 19.1. The fourth-order valence-electron chi connectivity index (χ4n) is 2.72. The molecule has 5 heteroatoms. The van der Waals surface area contributed by atoms with Gasteiger partial charge in [0, 0.05) is 19.6 Å². The van der Waals surface area contributed by atoms with Gasteiger partial charge in [-0.25, -0.2) is 4.39 Å². The first kappa shape index (κ1) is 20.4. The average Bonchev–Trinajstić information content (AvgIpc) is 2.62. The zero-order valence-corrected chi connectivity index (χ0v) is 15.7. The quantitative estimate of drug-likeness (QED) is 0.702. The molecule has 0 aliphatic rings. The van der Waals surface area contributed by atoms with Crippen molar-refractivity contribution in [2.45, 2.75) is 39.1 Å². The van der Waals surface area contributed by atoms with Crippen LogP contribution in [0, 0.1) is 5.82 Å². The summed E-state index contributed by atoms with van der Waals surface area (Å²) in [6.45, 7) is 5.89. The Hall–Kier alpha value is -1.95. The molecule has 0 aliphatic heterocycles. The minimum absolute atomic E-state index is 0.0774. The van der Waals surface area contributed by atoms with Gasteiger partial charge in [0.05, 0.1) is 25.9 Å². The molecule has 0 bridgehead atoms. The molecule has 0 saturated carbocycles. The molecule has 1 N–H and O–H groups in total. The number of nitrogens with zero attached hydrogens (tertiary/aromatic N) is 1. The fourth-order valence-corrected chi connectivity index (χ4v) is 2.72. The topological polar surface area (TPSA) is 41.9 Å². The van der Waals surface area contributed by atoms with Gasteiger partial charge in [-0.1, -0.05) is 24.3 Å². The molecule has 26 heavy (non-hydrogen) atoms. The third-order valence-corrected chi connectivity index (χ3v) is 3.95. The molecule has 2 rings (SSSR count). The van der Waals surface area contributed by atoms with E-state index >= 15 is 0 Å². The SMILES string of the molecule is COc1cccc(CN(Cc2ccc(F)cc2)C[C@H](O)COC(C)C)c1. The molecule has 2 aromatic rings. The van der Waals surface area contributed by atoms with E-state index in [-0.39, 0.29) is 18.5 Å². The average molecular weight is 361 g/mol. The molecular formula is C21H28FNO3. The number of aliphatic hydroxyl groups excluding tert-OH is 1. The Labute approximate surface area is 155 Å². The van der Waals surface area contributed by atoms with Gasteiger partial charge in [-0.05, 0) is 49.2 Å². The summed E-state index contributed by atoms with van der Waals surface area (Å²) in [6.07, 6.45) is -0.517. The van der Waals surface area contributed by atoms with Gasteiger partial charge in [0.25, 0.3) is 0 Å². The van der Waals surface area contributed by atoms with E-state index in [9.17, 15) is 9.50 Å². The van der Waals surface area contributed by atoms with Gasteiger partial charge in [0.2, 0.25) is 0 Å². The standard InChI is InChI=1S/C21H28FNO3/c1-16(2)26-15-20(24)14-23(12-17-7-9-19(22)10-8-17)13-18-5-4-6-21(11-18)25-3/h4-11,16,20,24H,12-15H2,1-3H3/t20-/m0/s1. The Balaban J connectivity index is 2.07. The molecule has 0 amide bonds. The summed E-state index contributed by atoms with van der Waals surface area (Å²) in [7, 11) is 1.64. The van der Waals surface area contributed by atoms with Gasteiger partial charge >= 0.3 is 0 Å². The highest BCUT2D eigenvalue weighted by Crippen LogP contribution is 2.16. The van der Waals surface area contributed by atoms with E-state index in [4.69, 9.17) is 9.47 Å². The lowest BCUT2D eigenvalue weighted by molar-refractivity contribution is -0.0106. The van der Waals surface area contributed by atoms with Crippen molar-refractivity contribution in [1.82, 2.24) is 4.90 Å². The smallest absolute Gasteiger partial charge is 0.123 e. The molecule has 0 unspecified atom stereocenters. The third-order valence-electron chi connectivity index (χ3n) is 3.95. The molecule has 0 radical (unpaired) electrons. The fraction of sp³-hybridized carbons (Fsp3) is 0.429. The van der Waals surface area contributed by atoms with Crippen molar-refractivity contribution >= 4 is 0 Å². The van der Waals surface area contributed by atoms with Gasteiger partial charge in [0.15, 0.2) is 0 Å². The lowest BCUT2D eigenvalue weighted by Crippen LogP contribution is -2.34. The van der Waals surface area contributed by atoms with Crippen molar-refractivity contribution in [1.29, 1.82) is 0 Å².